The van der Waals surface area contributed by atoms with E-state index >= 15 is 0 Å². The Kier molecular flexibility index (Phi) is 5.91. The second-order valence-corrected chi connectivity index (χ2v) is 6.44. The maximum atomic E-state index is 12.1. The average Bonchev–Trinajstić information content (AvgIpc) is 3.10. The van der Waals surface area contributed by atoms with E-state index in [4.69, 9.17) is 9.15 Å². The zero-order chi connectivity index (χ0) is 18.4. The topological polar surface area (TPSA) is 77.2 Å². The quantitative estimate of drug-likeness (QED) is 0.630. The molecular weight excluding hydrogens is 350 g/mol. The number of carbonyl (C=O) groups excluding carboxylic acids is 1. The van der Waals surface area contributed by atoms with E-state index in [0.717, 1.165) is 16.8 Å². The van der Waals surface area contributed by atoms with Gasteiger partial charge in [0.1, 0.15) is 5.75 Å². The van der Waals surface area contributed by atoms with E-state index in [9.17, 15) is 4.79 Å². The molecule has 1 amide bonds. The Hall–Kier alpha value is -2.80. The van der Waals surface area contributed by atoms with Crippen molar-refractivity contribution in [2.24, 2.45) is 0 Å². The minimum absolute atomic E-state index is 0.130. The van der Waals surface area contributed by atoms with Crippen molar-refractivity contribution in [1.29, 1.82) is 0 Å². The zero-order valence-electron chi connectivity index (χ0n) is 14.6. The van der Waals surface area contributed by atoms with Crippen LogP contribution in [0.2, 0.25) is 0 Å². The first-order valence-electron chi connectivity index (χ1n) is 8.20. The van der Waals surface area contributed by atoms with Crippen LogP contribution in [0.25, 0.3) is 11.5 Å². The smallest absolute Gasteiger partial charge is 0.277 e. The maximum Gasteiger partial charge on any atom is 0.277 e. The van der Waals surface area contributed by atoms with Crippen molar-refractivity contribution < 1.29 is 13.9 Å². The van der Waals surface area contributed by atoms with Crippen molar-refractivity contribution in [3.05, 3.63) is 54.1 Å². The van der Waals surface area contributed by atoms with Gasteiger partial charge in [-0.15, -0.1) is 10.2 Å². The first-order valence-corrected chi connectivity index (χ1v) is 9.19. The van der Waals surface area contributed by atoms with Crippen LogP contribution in [0.1, 0.15) is 12.5 Å². The van der Waals surface area contributed by atoms with E-state index in [1.807, 2.05) is 62.4 Å². The molecule has 0 aliphatic rings. The van der Waals surface area contributed by atoms with Crippen molar-refractivity contribution in [2.75, 3.05) is 17.7 Å². The van der Waals surface area contributed by atoms with E-state index < -0.39 is 0 Å². The lowest BCUT2D eigenvalue weighted by Gasteiger charge is -2.06. The van der Waals surface area contributed by atoms with Crippen LogP contribution < -0.4 is 10.1 Å². The van der Waals surface area contributed by atoms with Gasteiger partial charge in [-0.25, -0.2) is 0 Å². The molecule has 1 aromatic heterocycles. The third-order valence-corrected chi connectivity index (χ3v) is 4.27. The molecular formula is C19H19N3O3S. The number of aryl methyl sites for hydroxylation is 1. The largest absolute Gasteiger partial charge is 0.493 e. The summed E-state index contributed by atoms with van der Waals surface area (Å²) in [5.41, 5.74) is 2.59. The van der Waals surface area contributed by atoms with Crippen LogP contribution in [0.4, 0.5) is 5.69 Å². The van der Waals surface area contributed by atoms with Crippen molar-refractivity contribution in [3.8, 4) is 17.2 Å². The lowest BCUT2D eigenvalue weighted by atomic mass is 10.2. The van der Waals surface area contributed by atoms with Crippen LogP contribution in [-0.2, 0) is 4.79 Å². The molecule has 3 aromatic rings. The van der Waals surface area contributed by atoms with Gasteiger partial charge in [0.2, 0.25) is 5.91 Å². The number of rotatable bonds is 7. The van der Waals surface area contributed by atoms with E-state index in [1.54, 1.807) is 0 Å². The zero-order valence-corrected chi connectivity index (χ0v) is 15.4. The van der Waals surface area contributed by atoms with Gasteiger partial charge >= 0.3 is 0 Å². The summed E-state index contributed by atoms with van der Waals surface area (Å²) in [6, 6.07) is 15.1. The summed E-state index contributed by atoms with van der Waals surface area (Å²) < 4.78 is 11.2. The van der Waals surface area contributed by atoms with Crippen LogP contribution in [-0.4, -0.2) is 28.5 Å². The normalized spacial score (nSPS) is 10.5. The van der Waals surface area contributed by atoms with E-state index in [2.05, 4.69) is 15.5 Å². The van der Waals surface area contributed by atoms with Gasteiger partial charge in [0.15, 0.2) is 0 Å². The molecule has 134 valence electrons. The number of benzene rings is 2. The number of nitrogens with one attached hydrogen (secondary N) is 1. The third-order valence-electron chi connectivity index (χ3n) is 3.45. The molecule has 0 fully saturated rings. The van der Waals surface area contributed by atoms with Crippen LogP contribution >= 0.6 is 11.8 Å². The number of aromatic nitrogens is 2. The van der Waals surface area contributed by atoms with Gasteiger partial charge in [0.25, 0.3) is 11.1 Å². The number of amides is 1. The lowest BCUT2D eigenvalue weighted by Crippen LogP contribution is -2.13. The Bertz CT molecular complexity index is 895. The second-order valence-electron chi connectivity index (χ2n) is 5.51. The van der Waals surface area contributed by atoms with Gasteiger partial charge < -0.3 is 14.5 Å². The fourth-order valence-corrected chi connectivity index (χ4v) is 2.91. The summed E-state index contributed by atoms with van der Waals surface area (Å²) in [6.07, 6.45) is 0. The van der Waals surface area contributed by atoms with E-state index in [0.29, 0.717) is 23.5 Å². The van der Waals surface area contributed by atoms with Crippen molar-refractivity contribution in [2.45, 2.75) is 19.1 Å². The van der Waals surface area contributed by atoms with Gasteiger partial charge in [-0.05, 0) is 43.7 Å². The molecule has 26 heavy (non-hydrogen) atoms. The van der Waals surface area contributed by atoms with Gasteiger partial charge in [-0.2, -0.15) is 0 Å². The number of carbonyl (C=O) groups is 1. The number of hydrogen-bond acceptors (Lipinski definition) is 6. The van der Waals surface area contributed by atoms with Gasteiger partial charge in [-0.1, -0.05) is 36.0 Å². The highest BCUT2D eigenvalue weighted by molar-refractivity contribution is 7.99. The summed E-state index contributed by atoms with van der Waals surface area (Å²) in [5, 5.41) is 11.2. The molecule has 0 radical (unpaired) electrons. The number of nitrogens with zero attached hydrogens (tertiary/aromatic N) is 2. The van der Waals surface area contributed by atoms with Crippen LogP contribution in [0.3, 0.4) is 0 Å². The standard InChI is InChI=1S/C19H19N3O3S/c1-3-24-16-10-5-4-9-15(16)18-21-22-19(25-18)26-12-17(23)20-14-8-6-7-13(2)11-14/h4-11H,3,12H2,1-2H3,(H,20,23). The first-order chi connectivity index (χ1) is 12.7. The molecule has 6 nitrogen and oxygen atoms in total. The molecule has 7 heteroatoms. The predicted molar refractivity (Wildman–Crippen MR) is 101 cm³/mol. The molecule has 0 aliphatic carbocycles. The summed E-state index contributed by atoms with van der Waals surface area (Å²) in [4.78, 5) is 12.1. The SMILES string of the molecule is CCOc1ccccc1-c1nnc(SCC(=O)Nc2cccc(C)c2)o1. The lowest BCUT2D eigenvalue weighted by molar-refractivity contribution is -0.113. The monoisotopic (exact) mass is 369 g/mol. The van der Waals surface area contributed by atoms with Crippen LogP contribution in [0.5, 0.6) is 5.75 Å². The summed E-state index contributed by atoms with van der Waals surface area (Å²) in [5.74, 6) is 1.11. The number of anilines is 1. The Morgan fingerprint density at radius 3 is 2.85 bits per heavy atom. The fraction of sp³-hybridized carbons (Fsp3) is 0.211. The highest BCUT2D eigenvalue weighted by atomic mass is 32.2. The van der Waals surface area contributed by atoms with E-state index in [1.165, 1.54) is 11.8 Å². The minimum Gasteiger partial charge on any atom is -0.493 e. The summed E-state index contributed by atoms with van der Waals surface area (Å²) >= 11 is 1.19. The number of para-hydroxylation sites is 1. The molecule has 0 saturated carbocycles. The summed E-state index contributed by atoms with van der Waals surface area (Å²) in [7, 11) is 0. The highest BCUT2D eigenvalue weighted by Crippen LogP contribution is 2.30. The molecule has 2 aromatic carbocycles. The van der Waals surface area contributed by atoms with Crippen LogP contribution in [0.15, 0.2) is 58.2 Å². The van der Waals surface area contributed by atoms with Crippen molar-refractivity contribution >= 4 is 23.4 Å². The van der Waals surface area contributed by atoms with Crippen molar-refractivity contribution in [1.82, 2.24) is 10.2 Å². The van der Waals surface area contributed by atoms with Gasteiger partial charge in [0, 0.05) is 5.69 Å². The Balaban J connectivity index is 1.61. The number of ether oxygens (including phenoxy) is 1. The third kappa shape index (κ3) is 4.64. The average molecular weight is 369 g/mol. The predicted octanol–water partition coefficient (Wildman–Crippen LogP) is 4.17. The molecule has 1 N–H and O–H groups in total. The molecule has 0 saturated heterocycles. The fourth-order valence-electron chi connectivity index (χ4n) is 2.35. The summed E-state index contributed by atoms with van der Waals surface area (Å²) in [6.45, 7) is 4.44. The van der Waals surface area contributed by atoms with Crippen molar-refractivity contribution in [3.63, 3.8) is 0 Å². The molecule has 0 bridgehead atoms. The Labute approximate surface area is 156 Å². The highest BCUT2D eigenvalue weighted by Gasteiger charge is 2.14. The first kappa shape index (κ1) is 18.0. The second kappa shape index (κ2) is 8.53. The molecule has 1 heterocycles. The number of hydrogen-bond donors (Lipinski definition) is 1. The molecule has 3 rings (SSSR count). The number of thioether (sulfide) groups is 1. The van der Waals surface area contributed by atoms with Gasteiger partial charge in [0.05, 0.1) is 17.9 Å². The molecule has 0 spiro atoms. The molecule has 0 aliphatic heterocycles. The van der Waals surface area contributed by atoms with Crippen LogP contribution in [0, 0.1) is 6.92 Å². The van der Waals surface area contributed by atoms with Gasteiger partial charge in [-0.3, -0.25) is 4.79 Å². The van der Waals surface area contributed by atoms with E-state index in [-0.39, 0.29) is 11.7 Å². The molecule has 0 atom stereocenters. The maximum absolute atomic E-state index is 12.1. The Morgan fingerprint density at radius 2 is 2.04 bits per heavy atom. The molecule has 0 unspecified atom stereocenters. The minimum atomic E-state index is -0.130. The Morgan fingerprint density at radius 1 is 1.19 bits per heavy atom.